The van der Waals surface area contributed by atoms with Gasteiger partial charge in [0.25, 0.3) is 0 Å². The molecule has 1 heteroatoms. The van der Waals surface area contributed by atoms with Crippen molar-refractivity contribution in [1.29, 1.82) is 0 Å². The average Bonchev–Trinajstić information content (AvgIpc) is 3.97. The Balaban J connectivity index is 1.05. The SMILES string of the molecule is c1ccc(-c2ccccc2N(c2ccc3c(c2)C2(CC4CCC2C4)c2ccccc2-3)c2ccc3c(c2)C2(c4ccccc4-3)C3CC4CC(C3)CC2C4)cc1. The molecule has 0 aromatic heterocycles. The monoisotopic (exact) mass is 697 g/mol. The van der Waals surface area contributed by atoms with Gasteiger partial charge in [-0.05, 0) is 167 Å². The molecule has 6 aromatic carbocycles. The maximum Gasteiger partial charge on any atom is 0.0540 e. The van der Waals surface area contributed by atoms with E-state index in [9.17, 15) is 0 Å². The van der Waals surface area contributed by atoms with Gasteiger partial charge in [-0.15, -0.1) is 0 Å². The van der Waals surface area contributed by atoms with Crippen LogP contribution in [0.15, 0.2) is 140 Å². The highest BCUT2D eigenvalue weighted by Crippen LogP contribution is 2.70. The van der Waals surface area contributed by atoms with Crippen molar-refractivity contribution in [1.82, 2.24) is 0 Å². The molecule has 8 aliphatic rings. The van der Waals surface area contributed by atoms with E-state index in [2.05, 4.69) is 144 Å². The van der Waals surface area contributed by atoms with Gasteiger partial charge in [0.1, 0.15) is 0 Å². The molecular weight excluding hydrogens is 651 g/mol. The predicted molar refractivity (Wildman–Crippen MR) is 221 cm³/mol. The van der Waals surface area contributed by atoms with Gasteiger partial charge in [-0.3, -0.25) is 0 Å². The smallest absolute Gasteiger partial charge is 0.0540 e. The lowest BCUT2D eigenvalue weighted by Crippen LogP contribution is -2.55. The fraction of sp³-hybridized carbons (Fsp3) is 0.321. The molecule has 0 N–H and O–H groups in total. The number of hydrogen-bond acceptors (Lipinski definition) is 1. The number of benzene rings is 6. The highest BCUT2D eigenvalue weighted by Gasteiger charge is 2.62. The molecule has 54 heavy (non-hydrogen) atoms. The van der Waals surface area contributed by atoms with Crippen molar-refractivity contribution in [3.05, 3.63) is 162 Å². The van der Waals surface area contributed by atoms with Crippen LogP contribution in [-0.4, -0.2) is 0 Å². The van der Waals surface area contributed by atoms with E-state index in [-0.39, 0.29) is 10.8 Å². The molecule has 6 fully saturated rings. The van der Waals surface area contributed by atoms with Crippen molar-refractivity contribution in [2.24, 2.45) is 35.5 Å². The molecule has 6 bridgehead atoms. The Bertz CT molecular complexity index is 2480. The molecule has 0 saturated heterocycles. The van der Waals surface area contributed by atoms with Crippen molar-refractivity contribution in [3.63, 3.8) is 0 Å². The molecule has 0 radical (unpaired) electrons. The minimum absolute atomic E-state index is 0.132. The molecule has 0 heterocycles. The van der Waals surface area contributed by atoms with Crippen molar-refractivity contribution < 1.29 is 0 Å². The third kappa shape index (κ3) is 3.81. The summed E-state index contributed by atoms with van der Waals surface area (Å²) in [5.41, 5.74) is 19.0. The van der Waals surface area contributed by atoms with Gasteiger partial charge in [-0.1, -0.05) is 116 Å². The number of rotatable bonds is 4. The normalized spacial score (nSPS) is 31.2. The van der Waals surface area contributed by atoms with Crippen LogP contribution in [0.5, 0.6) is 0 Å². The van der Waals surface area contributed by atoms with Crippen LogP contribution < -0.4 is 4.90 Å². The van der Waals surface area contributed by atoms with E-state index in [1.807, 2.05) is 0 Å². The zero-order valence-corrected chi connectivity index (χ0v) is 31.1. The molecule has 2 spiro atoms. The van der Waals surface area contributed by atoms with Gasteiger partial charge in [-0.25, -0.2) is 0 Å². The first-order valence-corrected chi connectivity index (χ1v) is 21.1. The Morgan fingerprint density at radius 2 is 0.963 bits per heavy atom. The molecule has 264 valence electrons. The van der Waals surface area contributed by atoms with E-state index < -0.39 is 0 Å². The Morgan fingerprint density at radius 1 is 0.407 bits per heavy atom. The van der Waals surface area contributed by atoms with Crippen molar-refractivity contribution >= 4 is 17.1 Å². The van der Waals surface area contributed by atoms with Crippen LogP contribution in [0.3, 0.4) is 0 Å². The standard InChI is InChI=1S/C53H47N/c1-2-10-36(11-3-1)42-12-6-9-17-51(42)54(40-20-22-45-43-13-4-7-15-47(43)52(49(45)30-40)32-33-18-19-37(52)25-33)41-21-23-46-44-14-5-8-16-48(44)53(50(46)31-41)38-26-34-24-35(28-38)29-39(53)27-34/h1-17,20-23,30-31,33-35,37-39H,18-19,24-29,32H2. The second-order valence-electron chi connectivity index (χ2n) is 18.5. The summed E-state index contributed by atoms with van der Waals surface area (Å²) in [6.45, 7) is 0. The van der Waals surface area contributed by atoms with Crippen LogP contribution in [-0.2, 0) is 10.8 Å². The number of para-hydroxylation sites is 1. The zero-order chi connectivity index (χ0) is 35.2. The number of anilines is 3. The lowest BCUT2D eigenvalue weighted by atomic mass is 9.43. The number of hydrogen-bond donors (Lipinski definition) is 0. The summed E-state index contributed by atoms with van der Waals surface area (Å²) >= 11 is 0. The van der Waals surface area contributed by atoms with E-state index in [0.717, 1.165) is 35.5 Å². The number of nitrogens with zero attached hydrogens (tertiary/aromatic N) is 1. The van der Waals surface area contributed by atoms with Gasteiger partial charge < -0.3 is 4.90 Å². The van der Waals surface area contributed by atoms with E-state index in [1.165, 1.54) is 108 Å². The molecule has 6 saturated carbocycles. The summed E-state index contributed by atoms with van der Waals surface area (Å²) in [6.07, 6.45) is 12.5. The highest BCUT2D eigenvalue weighted by molar-refractivity contribution is 5.92. The van der Waals surface area contributed by atoms with E-state index >= 15 is 0 Å². The van der Waals surface area contributed by atoms with Crippen LogP contribution >= 0.6 is 0 Å². The quantitative estimate of drug-likeness (QED) is 0.177. The minimum atomic E-state index is 0.132. The van der Waals surface area contributed by atoms with Gasteiger partial charge >= 0.3 is 0 Å². The second-order valence-corrected chi connectivity index (χ2v) is 18.5. The zero-order valence-electron chi connectivity index (χ0n) is 31.1. The Morgan fingerprint density at radius 3 is 1.65 bits per heavy atom. The Hall–Kier alpha value is -4.88. The summed E-state index contributed by atoms with van der Waals surface area (Å²) in [4.78, 5) is 2.65. The van der Waals surface area contributed by atoms with E-state index in [0.29, 0.717) is 0 Å². The molecule has 1 nitrogen and oxygen atoms in total. The summed E-state index contributed by atoms with van der Waals surface area (Å²) in [7, 11) is 0. The third-order valence-electron chi connectivity index (χ3n) is 16.3. The first kappa shape index (κ1) is 30.4. The minimum Gasteiger partial charge on any atom is -0.310 e. The third-order valence-corrected chi connectivity index (χ3v) is 16.3. The van der Waals surface area contributed by atoms with Gasteiger partial charge in [0.2, 0.25) is 0 Å². The molecular formula is C53H47N. The predicted octanol–water partition coefficient (Wildman–Crippen LogP) is 13.6. The van der Waals surface area contributed by atoms with Gasteiger partial charge in [-0.2, -0.15) is 0 Å². The average molecular weight is 698 g/mol. The highest BCUT2D eigenvalue weighted by atomic mass is 15.1. The van der Waals surface area contributed by atoms with Gasteiger partial charge in [0.05, 0.1) is 5.69 Å². The molecule has 3 atom stereocenters. The topological polar surface area (TPSA) is 3.24 Å². The van der Waals surface area contributed by atoms with Crippen LogP contribution in [0.2, 0.25) is 0 Å². The molecule has 0 aliphatic heterocycles. The maximum atomic E-state index is 2.69. The summed E-state index contributed by atoms with van der Waals surface area (Å²) in [5.74, 6) is 4.93. The van der Waals surface area contributed by atoms with Crippen molar-refractivity contribution in [2.75, 3.05) is 4.90 Å². The van der Waals surface area contributed by atoms with Crippen LogP contribution in [0.25, 0.3) is 33.4 Å². The fourth-order valence-corrected chi connectivity index (χ4v) is 14.8. The van der Waals surface area contributed by atoms with Crippen molar-refractivity contribution in [2.45, 2.75) is 68.6 Å². The molecule has 0 amide bonds. The van der Waals surface area contributed by atoms with Crippen LogP contribution in [0, 0.1) is 35.5 Å². The maximum absolute atomic E-state index is 2.69. The largest absolute Gasteiger partial charge is 0.310 e. The van der Waals surface area contributed by atoms with Gasteiger partial charge in [0.15, 0.2) is 0 Å². The summed E-state index contributed by atoms with van der Waals surface area (Å²) in [5, 5.41) is 0. The fourth-order valence-electron chi connectivity index (χ4n) is 14.8. The van der Waals surface area contributed by atoms with Crippen LogP contribution in [0.4, 0.5) is 17.1 Å². The van der Waals surface area contributed by atoms with Gasteiger partial charge in [0, 0.05) is 27.8 Å². The lowest BCUT2D eigenvalue weighted by Gasteiger charge is -2.61. The first-order chi connectivity index (χ1) is 26.7. The number of fused-ring (bicyclic) bond motifs is 11. The second kappa shape index (κ2) is 10.9. The van der Waals surface area contributed by atoms with Crippen LogP contribution in [0.1, 0.15) is 80.0 Å². The molecule has 3 unspecified atom stereocenters. The molecule has 8 aliphatic carbocycles. The Kier molecular flexibility index (Phi) is 6.13. The van der Waals surface area contributed by atoms with Crippen molar-refractivity contribution in [3.8, 4) is 33.4 Å². The summed E-state index contributed by atoms with van der Waals surface area (Å²) in [6, 6.07) is 54.5. The lowest BCUT2D eigenvalue weighted by molar-refractivity contribution is -0.0399. The molecule has 6 aromatic rings. The summed E-state index contributed by atoms with van der Waals surface area (Å²) < 4.78 is 0. The molecule has 14 rings (SSSR count). The van der Waals surface area contributed by atoms with E-state index in [4.69, 9.17) is 0 Å². The Labute approximate surface area is 320 Å². The first-order valence-electron chi connectivity index (χ1n) is 21.1. The van der Waals surface area contributed by atoms with E-state index in [1.54, 1.807) is 22.3 Å².